The van der Waals surface area contributed by atoms with Crippen molar-refractivity contribution >= 4 is 17.7 Å². The average Bonchev–Trinajstić information content (AvgIpc) is 2.44. The summed E-state index contributed by atoms with van der Waals surface area (Å²) in [4.78, 5) is 16.1. The number of carbonyl (C=O) groups is 1. The van der Waals surface area contributed by atoms with Gasteiger partial charge in [-0.2, -0.15) is 11.8 Å². The summed E-state index contributed by atoms with van der Waals surface area (Å²) in [5, 5.41) is 11.6. The summed E-state index contributed by atoms with van der Waals surface area (Å²) in [5.41, 5.74) is 1.14. The molecule has 1 aliphatic carbocycles. The first-order valence-corrected chi connectivity index (χ1v) is 7.80. The van der Waals surface area contributed by atoms with Gasteiger partial charge in [-0.3, -0.25) is 9.78 Å². The fraction of sp³-hybridized carbons (Fsp3) is 0.467. The fourth-order valence-electron chi connectivity index (χ4n) is 2.14. The summed E-state index contributed by atoms with van der Waals surface area (Å²) in [5.74, 6) is 5.17. The van der Waals surface area contributed by atoms with Crippen LogP contribution in [0.25, 0.3) is 0 Å². The molecule has 4 nitrogen and oxygen atoms in total. The number of pyridine rings is 1. The molecule has 0 saturated heterocycles. The maximum atomic E-state index is 12.1. The van der Waals surface area contributed by atoms with E-state index < -0.39 is 0 Å². The van der Waals surface area contributed by atoms with Crippen molar-refractivity contribution in [2.24, 2.45) is 0 Å². The summed E-state index contributed by atoms with van der Waals surface area (Å²) >= 11 is 1.83. The molecule has 5 heteroatoms. The molecule has 2 N–H and O–H groups in total. The molecule has 0 radical (unpaired) electrons. The highest BCUT2D eigenvalue weighted by Gasteiger charge is 2.36. The molecule has 1 amide bonds. The Hall–Kier alpha value is -1.51. The molecule has 1 aromatic heterocycles. The van der Waals surface area contributed by atoms with E-state index in [0.29, 0.717) is 17.7 Å². The first-order chi connectivity index (χ1) is 9.69. The van der Waals surface area contributed by atoms with E-state index in [4.69, 9.17) is 5.11 Å². The minimum atomic E-state index is -0.202. The van der Waals surface area contributed by atoms with Gasteiger partial charge in [0.15, 0.2) is 0 Å². The first kappa shape index (κ1) is 14.9. The number of nitrogens with one attached hydrogen (secondary N) is 1. The lowest BCUT2D eigenvalue weighted by Gasteiger charge is -2.40. The molecular formula is C15H18N2O2S. The van der Waals surface area contributed by atoms with E-state index in [9.17, 15) is 4.79 Å². The lowest BCUT2D eigenvalue weighted by molar-refractivity contribution is 0.0943. The summed E-state index contributed by atoms with van der Waals surface area (Å²) in [6.07, 6.45) is 8.77. The van der Waals surface area contributed by atoms with Crippen LogP contribution < -0.4 is 5.32 Å². The van der Waals surface area contributed by atoms with Crippen LogP contribution in [0.15, 0.2) is 18.5 Å². The van der Waals surface area contributed by atoms with Gasteiger partial charge in [0.05, 0.1) is 5.56 Å². The SMILES string of the molecule is CSC1(CNC(=O)c2cncc(C#CCO)c2)CCC1. The van der Waals surface area contributed by atoms with E-state index >= 15 is 0 Å². The summed E-state index contributed by atoms with van der Waals surface area (Å²) in [6.45, 7) is 0.492. The Morgan fingerprint density at radius 3 is 2.95 bits per heavy atom. The number of hydrogen-bond acceptors (Lipinski definition) is 4. The van der Waals surface area contributed by atoms with E-state index in [-0.39, 0.29) is 17.3 Å². The molecule has 1 fully saturated rings. The summed E-state index contributed by atoms with van der Waals surface area (Å²) in [6, 6.07) is 1.69. The van der Waals surface area contributed by atoms with Crippen molar-refractivity contribution in [3.63, 3.8) is 0 Å². The number of aliphatic hydroxyl groups excluding tert-OH is 1. The molecule has 0 atom stereocenters. The van der Waals surface area contributed by atoms with Gasteiger partial charge in [-0.15, -0.1) is 0 Å². The average molecular weight is 290 g/mol. The predicted molar refractivity (Wildman–Crippen MR) is 80.6 cm³/mol. The fourth-order valence-corrected chi connectivity index (χ4v) is 3.06. The number of carbonyl (C=O) groups excluding carboxylic acids is 1. The van der Waals surface area contributed by atoms with Gasteiger partial charge in [0.25, 0.3) is 5.91 Å². The van der Waals surface area contributed by atoms with E-state index in [2.05, 4.69) is 28.4 Å². The smallest absolute Gasteiger partial charge is 0.252 e. The minimum Gasteiger partial charge on any atom is -0.384 e. The second-order valence-electron chi connectivity index (χ2n) is 4.85. The largest absolute Gasteiger partial charge is 0.384 e. The number of nitrogens with zero attached hydrogens (tertiary/aromatic N) is 1. The van der Waals surface area contributed by atoms with Gasteiger partial charge in [-0.05, 0) is 25.2 Å². The second-order valence-corrected chi connectivity index (χ2v) is 6.12. The minimum absolute atomic E-state index is 0.120. The maximum Gasteiger partial charge on any atom is 0.252 e. The van der Waals surface area contributed by atoms with Gasteiger partial charge in [0.2, 0.25) is 0 Å². The second kappa shape index (κ2) is 6.78. The zero-order valence-electron chi connectivity index (χ0n) is 11.5. The quantitative estimate of drug-likeness (QED) is 0.824. The molecular weight excluding hydrogens is 272 g/mol. The number of hydrogen-bond donors (Lipinski definition) is 2. The standard InChI is InChI=1S/C15H18N2O2S/c1-20-15(5-3-6-15)11-17-14(19)13-8-12(4-2-7-18)9-16-10-13/h8-10,18H,3,5-7,11H2,1H3,(H,17,19). The zero-order valence-corrected chi connectivity index (χ0v) is 12.3. The van der Waals surface area contributed by atoms with Crippen molar-refractivity contribution in [1.29, 1.82) is 0 Å². The van der Waals surface area contributed by atoms with Crippen LogP contribution in [0, 0.1) is 11.8 Å². The Morgan fingerprint density at radius 2 is 2.35 bits per heavy atom. The van der Waals surface area contributed by atoms with Gasteiger partial charge in [-0.25, -0.2) is 0 Å². The number of aliphatic hydroxyl groups is 1. The molecule has 0 unspecified atom stereocenters. The molecule has 2 rings (SSSR count). The van der Waals surface area contributed by atoms with Gasteiger partial charge in [0.1, 0.15) is 6.61 Å². The van der Waals surface area contributed by atoms with Crippen LogP contribution >= 0.6 is 11.8 Å². The van der Waals surface area contributed by atoms with Crippen LogP contribution in [0.1, 0.15) is 35.2 Å². The van der Waals surface area contributed by atoms with Crippen molar-refractivity contribution in [3.05, 3.63) is 29.6 Å². The van der Waals surface area contributed by atoms with Crippen molar-refractivity contribution in [1.82, 2.24) is 10.3 Å². The Balaban J connectivity index is 1.98. The Kier molecular flexibility index (Phi) is 5.05. The zero-order chi connectivity index (χ0) is 14.4. The Labute approximate surface area is 123 Å². The van der Waals surface area contributed by atoms with Crippen molar-refractivity contribution in [2.75, 3.05) is 19.4 Å². The van der Waals surface area contributed by atoms with Crippen LogP contribution in [0.3, 0.4) is 0 Å². The van der Waals surface area contributed by atoms with Crippen LogP contribution in [0.4, 0.5) is 0 Å². The van der Waals surface area contributed by atoms with Crippen LogP contribution in [-0.2, 0) is 0 Å². The summed E-state index contributed by atoms with van der Waals surface area (Å²) < 4.78 is 0.220. The van der Waals surface area contributed by atoms with Crippen LogP contribution in [0.2, 0.25) is 0 Å². The third-order valence-electron chi connectivity index (χ3n) is 3.58. The molecule has 1 saturated carbocycles. The number of rotatable bonds is 4. The third kappa shape index (κ3) is 3.53. The molecule has 0 spiro atoms. The molecule has 0 bridgehead atoms. The topological polar surface area (TPSA) is 62.2 Å². The molecule has 0 aliphatic heterocycles. The third-order valence-corrected chi connectivity index (χ3v) is 5.00. The normalized spacial score (nSPS) is 15.7. The van der Waals surface area contributed by atoms with E-state index in [1.807, 2.05) is 11.8 Å². The molecule has 1 aromatic rings. The van der Waals surface area contributed by atoms with Gasteiger partial charge in [0, 0.05) is 29.2 Å². The van der Waals surface area contributed by atoms with E-state index in [1.54, 1.807) is 12.3 Å². The summed E-state index contributed by atoms with van der Waals surface area (Å²) in [7, 11) is 0. The van der Waals surface area contributed by atoms with Crippen molar-refractivity contribution in [2.45, 2.75) is 24.0 Å². The van der Waals surface area contributed by atoms with E-state index in [0.717, 1.165) is 12.8 Å². The molecule has 20 heavy (non-hydrogen) atoms. The number of amides is 1. The van der Waals surface area contributed by atoms with E-state index in [1.165, 1.54) is 12.6 Å². The molecule has 0 aromatic carbocycles. The number of aromatic nitrogens is 1. The molecule has 106 valence electrons. The van der Waals surface area contributed by atoms with Gasteiger partial charge in [-0.1, -0.05) is 18.3 Å². The first-order valence-electron chi connectivity index (χ1n) is 6.57. The Morgan fingerprint density at radius 1 is 1.55 bits per heavy atom. The van der Waals surface area contributed by atoms with Crippen molar-refractivity contribution in [3.8, 4) is 11.8 Å². The van der Waals surface area contributed by atoms with Gasteiger partial charge >= 0.3 is 0 Å². The highest BCUT2D eigenvalue weighted by atomic mass is 32.2. The van der Waals surface area contributed by atoms with Crippen molar-refractivity contribution < 1.29 is 9.90 Å². The highest BCUT2D eigenvalue weighted by Crippen LogP contribution is 2.42. The highest BCUT2D eigenvalue weighted by molar-refractivity contribution is 8.00. The molecule has 1 heterocycles. The monoisotopic (exact) mass is 290 g/mol. The van der Waals surface area contributed by atoms with Crippen LogP contribution in [0.5, 0.6) is 0 Å². The van der Waals surface area contributed by atoms with Crippen LogP contribution in [-0.4, -0.2) is 40.2 Å². The lowest BCUT2D eigenvalue weighted by atomic mass is 9.84. The predicted octanol–water partition coefficient (Wildman–Crippen LogP) is 1.44. The molecule has 1 aliphatic rings. The lowest BCUT2D eigenvalue weighted by Crippen LogP contribution is -2.45. The number of thioether (sulfide) groups is 1. The maximum absolute atomic E-state index is 12.1. The Bertz CT molecular complexity index is 539. The van der Waals surface area contributed by atoms with Gasteiger partial charge < -0.3 is 10.4 Å².